The Morgan fingerprint density at radius 1 is 0.889 bits per heavy atom. The number of rotatable bonds is 4. The Bertz CT molecular complexity index is 935. The molecule has 0 radical (unpaired) electrons. The number of amides is 1. The Balaban J connectivity index is 1.61. The molecule has 3 heteroatoms. The maximum absolute atomic E-state index is 13.1. The molecule has 3 nitrogen and oxygen atoms in total. The largest absolute Gasteiger partial charge is 0.377 e. The van der Waals surface area contributed by atoms with E-state index in [4.69, 9.17) is 0 Å². The topological polar surface area (TPSA) is 32.3 Å². The Morgan fingerprint density at radius 2 is 1.56 bits per heavy atom. The highest BCUT2D eigenvalue weighted by molar-refractivity contribution is 5.99. The van der Waals surface area contributed by atoms with Crippen LogP contribution in [0.4, 0.5) is 11.4 Å². The van der Waals surface area contributed by atoms with Gasteiger partial charge in [-0.05, 0) is 23.3 Å². The molecule has 134 valence electrons. The lowest BCUT2D eigenvalue weighted by Crippen LogP contribution is -2.31. The van der Waals surface area contributed by atoms with Crippen LogP contribution in [-0.4, -0.2) is 11.9 Å². The number of carbonyl (C=O) groups is 1. The first-order valence-electron chi connectivity index (χ1n) is 9.23. The number of nitrogens with zero attached hydrogens (tertiary/aromatic N) is 1. The fourth-order valence-electron chi connectivity index (χ4n) is 3.36. The van der Waals surface area contributed by atoms with Gasteiger partial charge in [0.25, 0.3) is 0 Å². The molecular weight excluding hydrogens is 332 g/mol. The first kappa shape index (κ1) is 17.1. The average molecular weight is 354 g/mol. The summed E-state index contributed by atoms with van der Waals surface area (Å²) in [5.41, 5.74) is 4.17. The predicted molar refractivity (Wildman–Crippen MR) is 112 cm³/mol. The SMILES string of the molecule is O=C1CC(C=Cc2ccccc2)Nc2ccccc2N1Cc1ccccc1. The first-order valence-corrected chi connectivity index (χ1v) is 9.23. The fourth-order valence-corrected chi connectivity index (χ4v) is 3.36. The summed E-state index contributed by atoms with van der Waals surface area (Å²) in [6.07, 6.45) is 4.57. The van der Waals surface area contributed by atoms with E-state index in [1.54, 1.807) is 0 Å². The summed E-state index contributed by atoms with van der Waals surface area (Å²) >= 11 is 0. The summed E-state index contributed by atoms with van der Waals surface area (Å²) in [5, 5.41) is 3.53. The van der Waals surface area contributed by atoms with Crippen molar-refractivity contribution in [3.8, 4) is 0 Å². The average Bonchev–Trinajstić information content (AvgIpc) is 2.85. The normalized spacial score (nSPS) is 16.7. The maximum Gasteiger partial charge on any atom is 0.229 e. The number of carbonyl (C=O) groups excluding carboxylic acids is 1. The maximum atomic E-state index is 13.1. The second-order valence-corrected chi connectivity index (χ2v) is 6.71. The highest BCUT2D eigenvalue weighted by Gasteiger charge is 2.26. The van der Waals surface area contributed by atoms with E-state index in [1.807, 2.05) is 65.6 Å². The minimum Gasteiger partial charge on any atom is -0.377 e. The predicted octanol–water partition coefficient (Wildman–Crippen LogP) is 5.12. The van der Waals surface area contributed by atoms with Gasteiger partial charge in [-0.1, -0.05) is 84.9 Å². The zero-order chi connectivity index (χ0) is 18.5. The van der Waals surface area contributed by atoms with E-state index in [2.05, 4.69) is 41.7 Å². The number of fused-ring (bicyclic) bond motifs is 1. The van der Waals surface area contributed by atoms with Crippen molar-refractivity contribution in [1.29, 1.82) is 0 Å². The number of hydrogen-bond acceptors (Lipinski definition) is 2. The second kappa shape index (κ2) is 7.92. The highest BCUT2D eigenvalue weighted by Crippen LogP contribution is 2.32. The minimum atomic E-state index is -0.0420. The molecule has 0 bridgehead atoms. The zero-order valence-electron chi connectivity index (χ0n) is 15.1. The summed E-state index contributed by atoms with van der Waals surface area (Å²) < 4.78 is 0. The standard InChI is InChI=1S/C24H22N2O/c27-24-17-21(16-15-19-9-3-1-4-10-19)25-22-13-7-8-14-23(22)26(24)18-20-11-5-2-6-12-20/h1-16,21,25H,17-18H2. The van der Waals surface area contributed by atoms with Gasteiger partial charge in [-0.3, -0.25) is 4.79 Å². The van der Waals surface area contributed by atoms with Crippen LogP contribution >= 0.6 is 0 Å². The fraction of sp³-hybridized carbons (Fsp3) is 0.125. The summed E-state index contributed by atoms with van der Waals surface area (Å²) in [7, 11) is 0. The molecule has 1 amide bonds. The molecule has 1 N–H and O–H groups in total. The van der Waals surface area contributed by atoms with Gasteiger partial charge >= 0.3 is 0 Å². The molecule has 0 aromatic heterocycles. The molecule has 27 heavy (non-hydrogen) atoms. The summed E-state index contributed by atoms with van der Waals surface area (Å²) in [6, 6.07) is 28.3. The van der Waals surface area contributed by atoms with E-state index in [0.29, 0.717) is 13.0 Å². The third-order valence-corrected chi connectivity index (χ3v) is 4.74. The van der Waals surface area contributed by atoms with Gasteiger partial charge in [0.2, 0.25) is 5.91 Å². The zero-order valence-corrected chi connectivity index (χ0v) is 15.1. The van der Waals surface area contributed by atoms with Crippen LogP contribution in [0.3, 0.4) is 0 Å². The van der Waals surface area contributed by atoms with Crippen LogP contribution in [0.1, 0.15) is 17.5 Å². The number of hydrogen-bond donors (Lipinski definition) is 1. The lowest BCUT2D eigenvalue weighted by atomic mass is 10.1. The van der Waals surface area contributed by atoms with Crippen LogP contribution in [0, 0.1) is 0 Å². The molecule has 0 aliphatic carbocycles. The van der Waals surface area contributed by atoms with Crippen molar-refractivity contribution in [2.45, 2.75) is 19.0 Å². The molecule has 3 aromatic rings. The van der Waals surface area contributed by atoms with Crippen molar-refractivity contribution in [3.63, 3.8) is 0 Å². The Kier molecular flexibility index (Phi) is 5.01. The highest BCUT2D eigenvalue weighted by atomic mass is 16.2. The van der Waals surface area contributed by atoms with Crippen LogP contribution in [0.25, 0.3) is 6.08 Å². The van der Waals surface area contributed by atoms with Crippen LogP contribution in [0.15, 0.2) is 91.0 Å². The van der Waals surface area contributed by atoms with Gasteiger partial charge in [0, 0.05) is 0 Å². The lowest BCUT2D eigenvalue weighted by molar-refractivity contribution is -0.118. The van der Waals surface area contributed by atoms with Crippen molar-refractivity contribution >= 4 is 23.4 Å². The molecular formula is C24H22N2O. The number of benzene rings is 3. The number of anilines is 2. The molecule has 0 spiro atoms. The van der Waals surface area contributed by atoms with Crippen molar-refractivity contribution in [3.05, 3.63) is 102 Å². The minimum absolute atomic E-state index is 0.0420. The van der Waals surface area contributed by atoms with Gasteiger partial charge < -0.3 is 10.2 Å². The van der Waals surface area contributed by atoms with Gasteiger partial charge in [-0.25, -0.2) is 0 Å². The van der Waals surface area contributed by atoms with Crippen molar-refractivity contribution < 1.29 is 4.79 Å². The lowest BCUT2D eigenvalue weighted by Gasteiger charge is -2.22. The van der Waals surface area contributed by atoms with E-state index in [1.165, 1.54) is 0 Å². The molecule has 0 saturated carbocycles. The number of para-hydroxylation sites is 2. The quantitative estimate of drug-likeness (QED) is 0.705. The monoisotopic (exact) mass is 354 g/mol. The Morgan fingerprint density at radius 3 is 2.33 bits per heavy atom. The van der Waals surface area contributed by atoms with E-state index in [9.17, 15) is 4.79 Å². The molecule has 3 aromatic carbocycles. The summed E-state index contributed by atoms with van der Waals surface area (Å²) in [6.45, 7) is 0.577. The molecule has 1 aliphatic rings. The Labute approximate surface area is 160 Å². The first-order chi connectivity index (χ1) is 13.3. The summed E-state index contributed by atoms with van der Waals surface area (Å²) in [5.74, 6) is 0.124. The molecule has 1 atom stereocenters. The van der Waals surface area contributed by atoms with Gasteiger partial charge in [-0.15, -0.1) is 0 Å². The molecule has 1 aliphatic heterocycles. The van der Waals surface area contributed by atoms with Gasteiger partial charge in [0.1, 0.15) is 0 Å². The van der Waals surface area contributed by atoms with Crippen molar-refractivity contribution in [2.24, 2.45) is 0 Å². The smallest absolute Gasteiger partial charge is 0.229 e. The van der Waals surface area contributed by atoms with Crippen molar-refractivity contribution in [2.75, 3.05) is 10.2 Å². The third kappa shape index (κ3) is 4.09. The molecule has 4 rings (SSSR count). The van der Waals surface area contributed by atoms with E-state index >= 15 is 0 Å². The van der Waals surface area contributed by atoms with Gasteiger partial charge in [-0.2, -0.15) is 0 Å². The van der Waals surface area contributed by atoms with Crippen LogP contribution < -0.4 is 10.2 Å². The molecule has 1 unspecified atom stereocenters. The second-order valence-electron chi connectivity index (χ2n) is 6.71. The molecule has 0 fully saturated rings. The van der Waals surface area contributed by atoms with E-state index < -0.39 is 0 Å². The van der Waals surface area contributed by atoms with Crippen LogP contribution in [0.5, 0.6) is 0 Å². The molecule has 1 heterocycles. The van der Waals surface area contributed by atoms with E-state index in [0.717, 1.165) is 22.5 Å². The molecule has 0 saturated heterocycles. The third-order valence-electron chi connectivity index (χ3n) is 4.74. The van der Waals surface area contributed by atoms with Gasteiger partial charge in [0.15, 0.2) is 0 Å². The number of nitrogens with one attached hydrogen (secondary N) is 1. The Hall–Kier alpha value is -3.33. The van der Waals surface area contributed by atoms with Crippen molar-refractivity contribution in [1.82, 2.24) is 0 Å². The van der Waals surface area contributed by atoms with Crippen LogP contribution in [0.2, 0.25) is 0 Å². The van der Waals surface area contributed by atoms with Gasteiger partial charge in [0.05, 0.1) is 30.4 Å². The van der Waals surface area contributed by atoms with Crippen LogP contribution in [-0.2, 0) is 11.3 Å². The van der Waals surface area contributed by atoms with E-state index in [-0.39, 0.29) is 11.9 Å². The summed E-state index contributed by atoms with van der Waals surface area (Å²) in [4.78, 5) is 14.9.